The van der Waals surface area contributed by atoms with Crippen LogP contribution in [0, 0.1) is 0 Å². The summed E-state index contributed by atoms with van der Waals surface area (Å²) in [6, 6.07) is 7.45. The van der Waals surface area contributed by atoms with Crippen LogP contribution in [0.5, 0.6) is 5.75 Å². The summed E-state index contributed by atoms with van der Waals surface area (Å²) in [4.78, 5) is 23.9. The Morgan fingerprint density at radius 3 is 2.69 bits per heavy atom. The molecule has 7 heteroatoms. The SMILES string of the molecule is COc1ccc(CNC(=O)[C@@H](C)OC(=O)CCCC[C@H]2CCSS2)cc1. The van der Waals surface area contributed by atoms with Gasteiger partial charge in [-0.05, 0) is 43.9 Å². The van der Waals surface area contributed by atoms with Crippen LogP contribution in [-0.2, 0) is 20.9 Å². The van der Waals surface area contributed by atoms with Crippen molar-refractivity contribution in [3.63, 3.8) is 0 Å². The van der Waals surface area contributed by atoms with Crippen LogP contribution in [0.1, 0.15) is 44.6 Å². The van der Waals surface area contributed by atoms with Crippen molar-refractivity contribution < 1.29 is 19.1 Å². The van der Waals surface area contributed by atoms with Gasteiger partial charge >= 0.3 is 5.97 Å². The fraction of sp³-hybridized carbons (Fsp3) is 0.579. The third-order valence-electron chi connectivity index (χ3n) is 4.19. The predicted octanol–water partition coefficient (Wildman–Crippen LogP) is 3.96. The molecule has 26 heavy (non-hydrogen) atoms. The summed E-state index contributed by atoms with van der Waals surface area (Å²) in [5.41, 5.74) is 0.959. The van der Waals surface area contributed by atoms with Gasteiger partial charge in [0.2, 0.25) is 0 Å². The Hall–Kier alpha value is -1.34. The standard InChI is InChI=1S/C19H27NO4S2/c1-14(19(22)20-13-15-7-9-16(23-2)10-8-15)24-18(21)6-4-3-5-17-11-12-25-26-17/h7-10,14,17H,3-6,11-13H2,1-2H3,(H,20,22)/t14-,17+/m1/s1. The average molecular weight is 398 g/mol. The number of carbonyl (C=O) groups is 2. The summed E-state index contributed by atoms with van der Waals surface area (Å²) in [5.74, 6) is 1.42. The Labute approximate surface area is 163 Å². The second kappa shape index (κ2) is 11.4. The van der Waals surface area contributed by atoms with Gasteiger partial charge in [0.1, 0.15) is 5.75 Å². The molecule has 0 unspecified atom stereocenters. The van der Waals surface area contributed by atoms with Gasteiger partial charge in [0.15, 0.2) is 6.10 Å². The number of amides is 1. The van der Waals surface area contributed by atoms with Crippen molar-refractivity contribution in [3.8, 4) is 5.75 Å². The second-order valence-corrected chi connectivity index (χ2v) is 9.06. The highest BCUT2D eigenvalue weighted by Crippen LogP contribution is 2.39. The van der Waals surface area contributed by atoms with E-state index in [-0.39, 0.29) is 11.9 Å². The molecule has 5 nitrogen and oxygen atoms in total. The average Bonchev–Trinajstić information content (AvgIpc) is 3.17. The lowest BCUT2D eigenvalue weighted by molar-refractivity contribution is -0.155. The quantitative estimate of drug-likeness (QED) is 0.366. The van der Waals surface area contributed by atoms with Gasteiger partial charge in [-0.2, -0.15) is 0 Å². The molecular weight excluding hydrogens is 370 g/mol. The highest BCUT2D eigenvalue weighted by atomic mass is 33.1. The summed E-state index contributed by atoms with van der Waals surface area (Å²) in [7, 11) is 5.51. The minimum absolute atomic E-state index is 0.284. The molecule has 1 heterocycles. The van der Waals surface area contributed by atoms with E-state index < -0.39 is 6.10 Å². The van der Waals surface area contributed by atoms with E-state index in [4.69, 9.17) is 9.47 Å². The Balaban J connectivity index is 1.59. The summed E-state index contributed by atoms with van der Waals surface area (Å²) in [6.07, 6.45) is 3.88. The van der Waals surface area contributed by atoms with E-state index in [1.165, 1.54) is 12.2 Å². The molecule has 144 valence electrons. The fourth-order valence-electron chi connectivity index (χ4n) is 2.59. The number of methoxy groups -OCH3 is 1. The molecule has 1 N–H and O–H groups in total. The van der Waals surface area contributed by atoms with Gasteiger partial charge in [0.25, 0.3) is 5.91 Å². The van der Waals surface area contributed by atoms with Gasteiger partial charge in [-0.25, -0.2) is 0 Å². The molecule has 0 radical (unpaired) electrons. The van der Waals surface area contributed by atoms with Crippen LogP contribution in [0.3, 0.4) is 0 Å². The number of benzene rings is 1. The van der Waals surface area contributed by atoms with Crippen LogP contribution in [0.4, 0.5) is 0 Å². The smallest absolute Gasteiger partial charge is 0.306 e. The van der Waals surface area contributed by atoms with Crippen molar-refractivity contribution in [1.29, 1.82) is 0 Å². The van der Waals surface area contributed by atoms with E-state index in [1.807, 2.05) is 45.9 Å². The summed E-state index contributed by atoms with van der Waals surface area (Å²) in [5, 5.41) is 3.52. The van der Waals surface area contributed by atoms with Crippen molar-refractivity contribution >= 4 is 33.5 Å². The van der Waals surface area contributed by atoms with Crippen molar-refractivity contribution in [2.24, 2.45) is 0 Å². The zero-order valence-electron chi connectivity index (χ0n) is 15.4. The van der Waals surface area contributed by atoms with Gasteiger partial charge in [0.05, 0.1) is 7.11 Å². The Bertz CT molecular complexity index is 573. The Morgan fingerprint density at radius 2 is 2.04 bits per heavy atom. The molecule has 1 aromatic carbocycles. The van der Waals surface area contributed by atoms with Crippen LogP contribution < -0.4 is 10.1 Å². The molecule has 2 rings (SSSR count). The van der Waals surface area contributed by atoms with E-state index in [1.54, 1.807) is 14.0 Å². The molecule has 1 amide bonds. The lowest BCUT2D eigenvalue weighted by Crippen LogP contribution is -2.35. The Morgan fingerprint density at radius 1 is 1.27 bits per heavy atom. The van der Waals surface area contributed by atoms with E-state index >= 15 is 0 Å². The zero-order chi connectivity index (χ0) is 18.8. The molecule has 1 aliphatic heterocycles. The molecule has 0 bridgehead atoms. The summed E-state index contributed by atoms with van der Waals surface area (Å²) < 4.78 is 10.3. The molecule has 1 aliphatic rings. The first-order valence-electron chi connectivity index (χ1n) is 8.97. The molecule has 0 aliphatic carbocycles. The highest BCUT2D eigenvalue weighted by molar-refractivity contribution is 8.77. The minimum Gasteiger partial charge on any atom is -0.497 e. The van der Waals surface area contributed by atoms with Crippen molar-refractivity contribution in [3.05, 3.63) is 29.8 Å². The predicted molar refractivity (Wildman–Crippen MR) is 107 cm³/mol. The van der Waals surface area contributed by atoms with Gasteiger partial charge in [0, 0.05) is 24.0 Å². The number of carbonyl (C=O) groups excluding carboxylic acids is 2. The van der Waals surface area contributed by atoms with Crippen LogP contribution in [0.15, 0.2) is 24.3 Å². The van der Waals surface area contributed by atoms with Crippen LogP contribution >= 0.6 is 21.6 Å². The minimum atomic E-state index is -0.775. The zero-order valence-corrected chi connectivity index (χ0v) is 17.0. The van der Waals surface area contributed by atoms with Gasteiger partial charge in [-0.1, -0.05) is 40.1 Å². The number of nitrogens with one attached hydrogen (secondary N) is 1. The maximum Gasteiger partial charge on any atom is 0.306 e. The third-order valence-corrected chi connectivity index (χ3v) is 7.19. The normalized spacial score (nSPS) is 17.5. The third kappa shape index (κ3) is 7.50. The fourth-order valence-corrected chi connectivity index (χ4v) is 5.62. The first-order chi connectivity index (χ1) is 12.6. The molecule has 0 aromatic heterocycles. The summed E-state index contributed by atoms with van der Waals surface area (Å²) in [6.45, 7) is 2.00. The summed E-state index contributed by atoms with van der Waals surface area (Å²) >= 11 is 0. The maximum atomic E-state index is 12.1. The molecule has 1 saturated heterocycles. The highest BCUT2D eigenvalue weighted by Gasteiger charge is 2.18. The van der Waals surface area contributed by atoms with Crippen LogP contribution in [0.25, 0.3) is 0 Å². The Kier molecular flexibility index (Phi) is 9.18. The van der Waals surface area contributed by atoms with E-state index in [0.717, 1.165) is 35.8 Å². The van der Waals surface area contributed by atoms with E-state index in [0.29, 0.717) is 13.0 Å². The molecule has 0 saturated carbocycles. The number of hydrogen-bond acceptors (Lipinski definition) is 6. The number of rotatable bonds is 10. The number of hydrogen-bond donors (Lipinski definition) is 1. The van der Waals surface area contributed by atoms with Crippen LogP contribution in [-0.4, -0.2) is 36.1 Å². The second-order valence-electron chi connectivity index (χ2n) is 6.27. The van der Waals surface area contributed by atoms with Gasteiger partial charge in [-0.15, -0.1) is 0 Å². The topological polar surface area (TPSA) is 64.6 Å². The van der Waals surface area contributed by atoms with Crippen LogP contribution in [0.2, 0.25) is 0 Å². The molecular formula is C19H27NO4S2. The van der Waals surface area contributed by atoms with E-state index in [2.05, 4.69) is 5.32 Å². The number of ether oxygens (including phenoxy) is 2. The molecule has 0 spiro atoms. The number of unbranched alkanes of at least 4 members (excludes halogenated alkanes) is 1. The van der Waals surface area contributed by atoms with Gasteiger partial charge in [-0.3, -0.25) is 9.59 Å². The molecule has 1 fully saturated rings. The van der Waals surface area contributed by atoms with Crippen molar-refractivity contribution in [2.45, 2.75) is 56.9 Å². The monoisotopic (exact) mass is 397 g/mol. The largest absolute Gasteiger partial charge is 0.497 e. The first-order valence-corrected chi connectivity index (χ1v) is 11.3. The molecule has 1 aromatic rings. The lowest BCUT2D eigenvalue weighted by atomic mass is 10.1. The van der Waals surface area contributed by atoms with Crippen molar-refractivity contribution in [2.75, 3.05) is 12.9 Å². The van der Waals surface area contributed by atoms with Crippen molar-refractivity contribution in [1.82, 2.24) is 5.32 Å². The lowest BCUT2D eigenvalue weighted by Gasteiger charge is -2.14. The maximum absolute atomic E-state index is 12.1. The number of esters is 1. The first kappa shape index (κ1) is 21.0. The molecule has 2 atom stereocenters. The van der Waals surface area contributed by atoms with E-state index in [9.17, 15) is 9.59 Å². The van der Waals surface area contributed by atoms with Gasteiger partial charge < -0.3 is 14.8 Å².